The molecule has 0 aliphatic rings. The van der Waals surface area contributed by atoms with E-state index in [-0.39, 0.29) is 5.78 Å². The SMILES string of the molecule is C=CCCCc1ccnc(C(=O)C[n+]2ccccc2)c1. The van der Waals surface area contributed by atoms with Crippen LogP contribution in [-0.4, -0.2) is 10.8 Å². The van der Waals surface area contributed by atoms with Gasteiger partial charge in [0.05, 0.1) is 0 Å². The fourth-order valence-corrected chi connectivity index (χ4v) is 2.02. The quantitative estimate of drug-likeness (QED) is 0.334. The Balaban J connectivity index is 2.02. The van der Waals surface area contributed by atoms with Crippen LogP contribution < -0.4 is 4.57 Å². The maximum atomic E-state index is 12.2. The summed E-state index contributed by atoms with van der Waals surface area (Å²) in [6.07, 6.45) is 10.4. The molecular weight excluding hydrogens is 248 g/mol. The summed E-state index contributed by atoms with van der Waals surface area (Å²) in [4.78, 5) is 16.4. The second kappa shape index (κ2) is 7.34. The van der Waals surface area contributed by atoms with Crippen molar-refractivity contribution < 1.29 is 9.36 Å². The van der Waals surface area contributed by atoms with Crippen LogP contribution in [0.3, 0.4) is 0 Å². The number of hydrogen-bond acceptors (Lipinski definition) is 2. The van der Waals surface area contributed by atoms with Gasteiger partial charge in [0.1, 0.15) is 5.69 Å². The average Bonchev–Trinajstić information content (AvgIpc) is 2.49. The van der Waals surface area contributed by atoms with Crippen LogP contribution in [0, 0.1) is 0 Å². The minimum atomic E-state index is 0.0340. The zero-order valence-electron chi connectivity index (χ0n) is 11.5. The molecule has 2 rings (SSSR count). The molecule has 0 fully saturated rings. The Morgan fingerprint density at radius 2 is 2.10 bits per heavy atom. The summed E-state index contributed by atoms with van der Waals surface area (Å²) >= 11 is 0. The van der Waals surface area contributed by atoms with E-state index < -0.39 is 0 Å². The van der Waals surface area contributed by atoms with E-state index in [4.69, 9.17) is 0 Å². The van der Waals surface area contributed by atoms with E-state index in [2.05, 4.69) is 11.6 Å². The van der Waals surface area contributed by atoms with Gasteiger partial charge in [-0.05, 0) is 37.0 Å². The lowest BCUT2D eigenvalue weighted by Crippen LogP contribution is -2.37. The topological polar surface area (TPSA) is 33.8 Å². The van der Waals surface area contributed by atoms with Gasteiger partial charge in [0, 0.05) is 18.3 Å². The molecule has 2 aromatic rings. The van der Waals surface area contributed by atoms with Crippen molar-refractivity contribution in [2.24, 2.45) is 0 Å². The van der Waals surface area contributed by atoms with Crippen molar-refractivity contribution in [3.63, 3.8) is 0 Å². The molecule has 0 saturated carbocycles. The van der Waals surface area contributed by atoms with Crippen LogP contribution in [0.2, 0.25) is 0 Å². The molecule has 102 valence electrons. The van der Waals surface area contributed by atoms with Gasteiger partial charge in [-0.15, -0.1) is 6.58 Å². The number of carbonyl (C=O) groups excluding carboxylic acids is 1. The zero-order valence-corrected chi connectivity index (χ0v) is 11.5. The molecule has 0 spiro atoms. The van der Waals surface area contributed by atoms with Gasteiger partial charge < -0.3 is 0 Å². The molecule has 0 N–H and O–H groups in total. The molecule has 0 saturated heterocycles. The number of Topliss-reactive ketones (excluding diaryl/α,β-unsaturated/α-hetero) is 1. The summed E-state index contributed by atoms with van der Waals surface area (Å²) in [5.41, 5.74) is 1.70. The summed E-state index contributed by atoms with van der Waals surface area (Å²) in [7, 11) is 0. The van der Waals surface area contributed by atoms with Gasteiger partial charge in [-0.2, -0.15) is 4.57 Å². The molecule has 20 heavy (non-hydrogen) atoms. The summed E-state index contributed by atoms with van der Waals surface area (Å²) in [5.74, 6) is 0.0340. The molecule has 0 bridgehead atoms. The number of hydrogen-bond donors (Lipinski definition) is 0. The molecule has 2 heterocycles. The van der Waals surface area contributed by atoms with Crippen LogP contribution in [0.25, 0.3) is 0 Å². The Hall–Kier alpha value is -2.29. The number of rotatable bonds is 7. The fourth-order valence-electron chi connectivity index (χ4n) is 2.02. The molecule has 0 unspecified atom stereocenters. The summed E-state index contributed by atoms with van der Waals surface area (Å²) in [6.45, 7) is 4.04. The molecule has 3 heteroatoms. The van der Waals surface area contributed by atoms with Gasteiger partial charge in [0.15, 0.2) is 12.4 Å². The standard InChI is InChI=1S/C17H19N2O/c1-2-3-5-8-15-9-10-18-16(13-15)17(20)14-19-11-6-4-7-12-19/h2,4,6-7,9-13H,1,3,5,8,14H2/q+1. The Bertz CT molecular complexity index is 579. The number of nitrogens with zero attached hydrogens (tertiary/aromatic N) is 2. The highest BCUT2D eigenvalue weighted by atomic mass is 16.1. The predicted molar refractivity (Wildman–Crippen MR) is 78.3 cm³/mol. The van der Waals surface area contributed by atoms with Crippen molar-refractivity contribution in [1.82, 2.24) is 4.98 Å². The van der Waals surface area contributed by atoms with Crippen LogP contribution in [0.5, 0.6) is 0 Å². The first-order valence-corrected chi connectivity index (χ1v) is 6.82. The van der Waals surface area contributed by atoms with Crippen LogP contribution in [-0.2, 0) is 13.0 Å². The van der Waals surface area contributed by atoms with Crippen molar-refractivity contribution in [2.75, 3.05) is 0 Å². The number of aromatic nitrogens is 2. The molecule has 0 radical (unpaired) electrons. The molecule has 2 aromatic heterocycles. The maximum absolute atomic E-state index is 12.2. The molecular formula is C17H19N2O+. The first-order chi connectivity index (χ1) is 9.79. The maximum Gasteiger partial charge on any atom is 0.245 e. The number of aryl methyl sites for hydroxylation is 1. The third-order valence-electron chi connectivity index (χ3n) is 3.09. The highest BCUT2D eigenvalue weighted by molar-refractivity contribution is 5.93. The lowest BCUT2D eigenvalue weighted by atomic mass is 10.1. The van der Waals surface area contributed by atoms with E-state index in [1.54, 1.807) is 6.20 Å². The molecule has 0 amide bonds. The monoisotopic (exact) mass is 267 g/mol. The number of unbranched alkanes of at least 4 members (excludes halogenated alkanes) is 1. The number of ketones is 1. The number of pyridine rings is 2. The zero-order chi connectivity index (χ0) is 14.2. The lowest BCUT2D eigenvalue weighted by molar-refractivity contribution is -0.683. The first kappa shape index (κ1) is 14.1. The molecule has 0 atom stereocenters. The Morgan fingerprint density at radius 3 is 2.85 bits per heavy atom. The van der Waals surface area contributed by atoms with E-state index in [9.17, 15) is 4.79 Å². The van der Waals surface area contributed by atoms with Crippen molar-refractivity contribution in [2.45, 2.75) is 25.8 Å². The number of allylic oxidation sites excluding steroid dienone is 1. The smallest absolute Gasteiger partial charge is 0.245 e. The second-order valence-electron chi connectivity index (χ2n) is 4.70. The van der Waals surface area contributed by atoms with Crippen molar-refractivity contribution in [3.8, 4) is 0 Å². The van der Waals surface area contributed by atoms with Crippen molar-refractivity contribution in [1.29, 1.82) is 0 Å². The second-order valence-corrected chi connectivity index (χ2v) is 4.70. The third kappa shape index (κ3) is 4.12. The van der Waals surface area contributed by atoms with Gasteiger partial charge in [-0.25, -0.2) is 0 Å². The van der Waals surface area contributed by atoms with E-state index in [0.717, 1.165) is 24.8 Å². The van der Waals surface area contributed by atoms with Crippen LogP contribution in [0.1, 0.15) is 28.9 Å². The summed E-state index contributed by atoms with van der Waals surface area (Å²) in [6, 6.07) is 9.61. The van der Waals surface area contributed by atoms with Crippen LogP contribution >= 0.6 is 0 Å². The van der Waals surface area contributed by atoms with Gasteiger partial charge in [-0.3, -0.25) is 9.78 Å². The fraction of sp³-hybridized carbons (Fsp3) is 0.235. The van der Waals surface area contributed by atoms with Gasteiger partial charge in [0.25, 0.3) is 0 Å². The Labute approximate surface area is 119 Å². The van der Waals surface area contributed by atoms with E-state index in [1.165, 1.54) is 0 Å². The largest absolute Gasteiger partial charge is 0.285 e. The summed E-state index contributed by atoms with van der Waals surface area (Å²) in [5, 5.41) is 0. The van der Waals surface area contributed by atoms with Gasteiger partial charge in [-0.1, -0.05) is 12.1 Å². The average molecular weight is 267 g/mol. The lowest BCUT2D eigenvalue weighted by Gasteiger charge is -2.02. The minimum absolute atomic E-state index is 0.0340. The highest BCUT2D eigenvalue weighted by Gasteiger charge is 2.13. The number of carbonyl (C=O) groups is 1. The van der Waals surface area contributed by atoms with Crippen molar-refractivity contribution in [3.05, 3.63) is 72.8 Å². The van der Waals surface area contributed by atoms with Gasteiger partial charge in [0.2, 0.25) is 12.3 Å². The third-order valence-corrected chi connectivity index (χ3v) is 3.09. The van der Waals surface area contributed by atoms with Crippen LogP contribution in [0.4, 0.5) is 0 Å². The van der Waals surface area contributed by atoms with E-state index in [1.807, 2.05) is 53.4 Å². The minimum Gasteiger partial charge on any atom is -0.285 e. The normalized spacial score (nSPS) is 10.2. The van der Waals surface area contributed by atoms with Crippen LogP contribution in [0.15, 0.2) is 61.6 Å². The molecule has 0 aromatic carbocycles. The van der Waals surface area contributed by atoms with Gasteiger partial charge >= 0.3 is 0 Å². The van der Waals surface area contributed by atoms with E-state index >= 15 is 0 Å². The Morgan fingerprint density at radius 1 is 1.30 bits per heavy atom. The highest BCUT2D eigenvalue weighted by Crippen LogP contribution is 2.07. The predicted octanol–water partition coefficient (Wildman–Crippen LogP) is 2.76. The molecule has 0 aliphatic carbocycles. The summed E-state index contributed by atoms with van der Waals surface area (Å²) < 4.78 is 1.86. The van der Waals surface area contributed by atoms with Crippen molar-refractivity contribution >= 4 is 5.78 Å². The molecule has 3 nitrogen and oxygen atoms in total. The Kier molecular flexibility index (Phi) is 5.18. The van der Waals surface area contributed by atoms with E-state index in [0.29, 0.717) is 12.2 Å². The molecule has 0 aliphatic heterocycles. The first-order valence-electron chi connectivity index (χ1n) is 6.82.